The van der Waals surface area contributed by atoms with Crippen molar-refractivity contribution in [2.75, 3.05) is 19.0 Å². The van der Waals surface area contributed by atoms with Gasteiger partial charge in [0.2, 0.25) is 0 Å². The molecule has 2 N–H and O–H groups in total. The maximum Gasteiger partial charge on any atom is 0.343 e. The third-order valence-corrected chi connectivity index (χ3v) is 3.65. The van der Waals surface area contributed by atoms with E-state index in [9.17, 15) is 19.5 Å². The topological polar surface area (TPSA) is 102 Å². The summed E-state index contributed by atoms with van der Waals surface area (Å²) in [5.41, 5.74) is 0.470. The van der Waals surface area contributed by atoms with Crippen molar-refractivity contribution in [1.82, 2.24) is 0 Å². The number of carboxylic acids is 1. The number of anilines is 1. The zero-order valence-electron chi connectivity index (χ0n) is 13.1. The lowest BCUT2D eigenvalue weighted by Gasteiger charge is -2.10. The molecule has 0 bridgehead atoms. The normalized spacial score (nSPS) is 10.0. The van der Waals surface area contributed by atoms with E-state index in [1.54, 1.807) is 6.07 Å². The molecule has 0 aliphatic carbocycles. The number of nitrogens with one attached hydrogen (secondary N) is 1. The van der Waals surface area contributed by atoms with Gasteiger partial charge in [-0.2, -0.15) is 0 Å². The van der Waals surface area contributed by atoms with Gasteiger partial charge < -0.3 is 19.9 Å². The fraction of sp³-hybridized carbons (Fsp3) is 0.118. The molecule has 0 fully saturated rings. The molecule has 8 heteroatoms. The molecule has 0 saturated heterocycles. The van der Waals surface area contributed by atoms with Crippen molar-refractivity contribution in [3.8, 4) is 5.75 Å². The van der Waals surface area contributed by atoms with E-state index in [0.717, 1.165) is 0 Å². The summed E-state index contributed by atoms with van der Waals surface area (Å²) in [4.78, 5) is 34.5. The number of hydrogen-bond acceptors (Lipinski definition) is 5. The highest BCUT2D eigenvalue weighted by molar-refractivity contribution is 9.10. The second kappa shape index (κ2) is 8.29. The molecular formula is C17H14BrNO6. The van der Waals surface area contributed by atoms with Crippen LogP contribution in [0.4, 0.5) is 5.69 Å². The van der Waals surface area contributed by atoms with Crippen molar-refractivity contribution in [2.24, 2.45) is 0 Å². The van der Waals surface area contributed by atoms with Crippen LogP contribution in [0, 0.1) is 0 Å². The van der Waals surface area contributed by atoms with Crippen molar-refractivity contribution in [1.29, 1.82) is 0 Å². The monoisotopic (exact) mass is 407 g/mol. The highest BCUT2D eigenvalue weighted by Gasteiger charge is 2.14. The van der Waals surface area contributed by atoms with Crippen LogP contribution in [0.1, 0.15) is 20.7 Å². The molecular weight excluding hydrogens is 394 g/mol. The van der Waals surface area contributed by atoms with Gasteiger partial charge in [0.25, 0.3) is 5.91 Å². The van der Waals surface area contributed by atoms with E-state index in [2.05, 4.69) is 26.0 Å². The number of benzene rings is 2. The molecule has 0 unspecified atom stereocenters. The number of carbonyl (C=O) groups is 3. The van der Waals surface area contributed by atoms with Crippen molar-refractivity contribution in [3.63, 3.8) is 0 Å². The Balaban J connectivity index is 2.09. The van der Waals surface area contributed by atoms with Crippen LogP contribution in [0.5, 0.6) is 5.75 Å². The fourth-order valence-corrected chi connectivity index (χ4v) is 2.26. The third kappa shape index (κ3) is 5.05. The second-order valence-corrected chi connectivity index (χ2v) is 5.75. The number of rotatable bonds is 6. The van der Waals surface area contributed by atoms with Gasteiger partial charge in [-0.05, 0) is 42.5 Å². The minimum Gasteiger partial charge on any atom is -0.482 e. The van der Waals surface area contributed by atoms with E-state index >= 15 is 0 Å². The standard InChI is InChI=1S/C17H14BrNO6/c1-24-15(20)9-25-12-5-2-10(3-6-12)16(21)19-14-7-4-11(18)8-13(14)17(22)23/h2-8H,9H2,1H3,(H,19,21)(H,22,23). The molecule has 2 aromatic rings. The molecule has 2 rings (SSSR count). The summed E-state index contributed by atoms with van der Waals surface area (Å²) in [6.45, 7) is -0.233. The highest BCUT2D eigenvalue weighted by atomic mass is 79.9. The number of ether oxygens (including phenoxy) is 2. The number of hydrogen-bond donors (Lipinski definition) is 2. The van der Waals surface area contributed by atoms with E-state index in [1.165, 1.54) is 43.5 Å². The quantitative estimate of drug-likeness (QED) is 0.713. The van der Waals surface area contributed by atoms with Crippen LogP contribution < -0.4 is 10.1 Å². The van der Waals surface area contributed by atoms with E-state index in [-0.39, 0.29) is 17.9 Å². The van der Waals surface area contributed by atoms with Crippen LogP contribution in [-0.4, -0.2) is 36.7 Å². The number of methoxy groups -OCH3 is 1. The Kier molecular flexibility index (Phi) is 6.13. The van der Waals surface area contributed by atoms with Gasteiger partial charge >= 0.3 is 11.9 Å². The number of esters is 1. The van der Waals surface area contributed by atoms with Gasteiger partial charge in [-0.3, -0.25) is 4.79 Å². The Bertz CT molecular complexity index is 803. The summed E-state index contributed by atoms with van der Waals surface area (Å²) in [6, 6.07) is 10.6. The first-order chi connectivity index (χ1) is 11.9. The average molecular weight is 408 g/mol. The summed E-state index contributed by atoms with van der Waals surface area (Å²) in [6.07, 6.45) is 0. The largest absolute Gasteiger partial charge is 0.482 e. The summed E-state index contributed by atoms with van der Waals surface area (Å²) in [5.74, 6) is -1.73. The molecule has 130 valence electrons. The lowest BCUT2D eigenvalue weighted by atomic mass is 10.1. The molecule has 0 aromatic heterocycles. The van der Waals surface area contributed by atoms with Gasteiger partial charge in [-0.15, -0.1) is 0 Å². The highest BCUT2D eigenvalue weighted by Crippen LogP contribution is 2.22. The maximum absolute atomic E-state index is 12.3. The van der Waals surface area contributed by atoms with Gasteiger partial charge in [0, 0.05) is 10.0 Å². The molecule has 0 heterocycles. The predicted molar refractivity (Wildman–Crippen MR) is 93.0 cm³/mol. The van der Waals surface area contributed by atoms with E-state index < -0.39 is 17.8 Å². The first-order valence-corrected chi connectivity index (χ1v) is 7.84. The summed E-state index contributed by atoms with van der Waals surface area (Å²) in [5, 5.41) is 11.8. The lowest BCUT2D eigenvalue weighted by Crippen LogP contribution is -2.15. The molecule has 0 aliphatic rings. The van der Waals surface area contributed by atoms with Crippen molar-refractivity contribution >= 4 is 39.5 Å². The van der Waals surface area contributed by atoms with E-state index in [0.29, 0.717) is 15.8 Å². The van der Waals surface area contributed by atoms with Gasteiger partial charge in [0.15, 0.2) is 6.61 Å². The van der Waals surface area contributed by atoms with E-state index in [4.69, 9.17) is 4.74 Å². The maximum atomic E-state index is 12.3. The third-order valence-electron chi connectivity index (χ3n) is 3.16. The van der Waals surface area contributed by atoms with Crippen LogP contribution in [0.25, 0.3) is 0 Å². The summed E-state index contributed by atoms with van der Waals surface area (Å²) in [7, 11) is 1.26. The Morgan fingerprint density at radius 1 is 1.12 bits per heavy atom. The fourth-order valence-electron chi connectivity index (χ4n) is 1.90. The molecule has 0 atom stereocenters. The molecule has 0 spiro atoms. The first kappa shape index (κ1) is 18.5. The van der Waals surface area contributed by atoms with Crippen LogP contribution in [0.2, 0.25) is 0 Å². The molecule has 2 aromatic carbocycles. The Morgan fingerprint density at radius 3 is 2.40 bits per heavy atom. The van der Waals surface area contributed by atoms with Crippen LogP contribution in [0.15, 0.2) is 46.9 Å². The van der Waals surface area contributed by atoms with Gasteiger partial charge in [-0.25, -0.2) is 9.59 Å². The minimum absolute atomic E-state index is 0.0271. The van der Waals surface area contributed by atoms with Crippen LogP contribution in [0.3, 0.4) is 0 Å². The summed E-state index contributed by atoms with van der Waals surface area (Å²) < 4.78 is 10.2. The zero-order valence-corrected chi connectivity index (χ0v) is 14.7. The molecule has 1 amide bonds. The van der Waals surface area contributed by atoms with Crippen molar-refractivity contribution < 1.29 is 29.0 Å². The van der Waals surface area contributed by atoms with Crippen LogP contribution in [-0.2, 0) is 9.53 Å². The average Bonchev–Trinajstić information content (AvgIpc) is 2.61. The first-order valence-electron chi connectivity index (χ1n) is 7.04. The smallest absolute Gasteiger partial charge is 0.343 e. The molecule has 0 aliphatic heterocycles. The Labute approximate surface area is 151 Å². The molecule has 0 radical (unpaired) electrons. The Morgan fingerprint density at radius 2 is 1.80 bits per heavy atom. The van der Waals surface area contributed by atoms with E-state index in [1.807, 2.05) is 0 Å². The van der Waals surface area contributed by atoms with Gasteiger partial charge in [-0.1, -0.05) is 15.9 Å². The number of aromatic carboxylic acids is 1. The molecule has 7 nitrogen and oxygen atoms in total. The van der Waals surface area contributed by atoms with Gasteiger partial charge in [0.05, 0.1) is 18.4 Å². The van der Waals surface area contributed by atoms with Crippen molar-refractivity contribution in [2.45, 2.75) is 0 Å². The number of carbonyl (C=O) groups excluding carboxylic acids is 2. The second-order valence-electron chi connectivity index (χ2n) is 4.84. The van der Waals surface area contributed by atoms with Crippen molar-refractivity contribution in [3.05, 3.63) is 58.1 Å². The number of halogens is 1. The number of carboxylic acid groups (broad SMARTS) is 1. The number of amides is 1. The Hall–Kier alpha value is -2.87. The minimum atomic E-state index is -1.15. The lowest BCUT2D eigenvalue weighted by molar-refractivity contribution is -0.142. The van der Waals surface area contributed by atoms with Gasteiger partial charge in [0.1, 0.15) is 5.75 Å². The molecule has 25 heavy (non-hydrogen) atoms. The predicted octanol–water partition coefficient (Wildman–Crippen LogP) is 2.95. The van der Waals surface area contributed by atoms with Crippen LogP contribution >= 0.6 is 15.9 Å². The summed E-state index contributed by atoms with van der Waals surface area (Å²) >= 11 is 3.19. The molecule has 0 saturated carbocycles. The zero-order chi connectivity index (χ0) is 18.4. The SMILES string of the molecule is COC(=O)COc1ccc(C(=O)Nc2ccc(Br)cc2C(=O)O)cc1.